The Morgan fingerprint density at radius 1 is 1.16 bits per heavy atom. The van der Waals surface area contributed by atoms with Gasteiger partial charge in [-0.15, -0.1) is 0 Å². The van der Waals surface area contributed by atoms with E-state index < -0.39 is 16.8 Å². The minimum Gasteiger partial charge on any atom is -0.490 e. The summed E-state index contributed by atoms with van der Waals surface area (Å²) in [6, 6.07) is 5.47. The molecule has 0 bridgehead atoms. The molecule has 0 atom stereocenters. The maximum atomic E-state index is 12.7. The van der Waals surface area contributed by atoms with Crippen molar-refractivity contribution in [2.75, 3.05) is 19.8 Å². The van der Waals surface area contributed by atoms with E-state index in [1.165, 1.54) is 0 Å². The summed E-state index contributed by atoms with van der Waals surface area (Å²) in [5.41, 5.74) is -0.802. The molecular weight excluding hydrogens is 322 g/mol. The van der Waals surface area contributed by atoms with Gasteiger partial charge in [0.1, 0.15) is 0 Å². The van der Waals surface area contributed by atoms with Crippen molar-refractivity contribution < 1.29 is 24.2 Å². The Labute approximate surface area is 148 Å². The maximum Gasteiger partial charge on any atom is 0.311 e. The van der Waals surface area contributed by atoms with Crippen molar-refractivity contribution in [1.82, 2.24) is 5.32 Å². The molecule has 0 heterocycles. The molecule has 0 aromatic heterocycles. The number of benzene rings is 1. The average Bonchev–Trinajstić information content (AvgIpc) is 3.36. The average molecular weight is 349 g/mol. The lowest BCUT2D eigenvalue weighted by atomic mass is 9.83. The minimum absolute atomic E-state index is 0.167. The summed E-state index contributed by atoms with van der Waals surface area (Å²) in [6.45, 7) is 8.61. The zero-order valence-corrected chi connectivity index (χ0v) is 15.3. The summed E-state index contributed by atoms with van der Waals surface area (Å²) >= 11 is 0. The van der Waals surface area contributed by atoms with E-state index in [2.05, 4.69) is 5.32 Å². The summed E-state index contributed by atoms with van der Waals surface area (Å²) < 4.78 is 11.2. The second kappa shape index (κ2) is 7.33. The van der Waals surface area contributed by atoms with Gasteiger partial charge in [-0.1, -0.05) is 6.07 Å². The monoisotopic (exact) mass is 349 g/mol. The third-order valence-electron chi connectivity index (χ3n) is 4.73. The SMILES string of the molecule is CCOc1ccc(C(C)(C)C(=O)NCC2(C(=O)O)CC2)cc1OCC. The van der Waals surface area contributed by atoms with Crippen molar-refractivity contribution in [3.8, 4) is 11.5 Å². The second-order valence-corrected chi connectivity index (χ2v) is 6.92. The Morgan fingerprint density at radius 3 is 2.28 bits per heavy atom. The van der Waals surface area contributed by atoms with Crippen LogP contribution in [0.25, 0.3) is 0 Å². The number of rotatable bonds is 9. The number of hydrogen-bond donors (Lipinski definition) is 2. The van der Waals surface area contributed by atoms with E-state index in [4.69, 9.17) is 9.47 Å². The van der Waals surface area contributed by atoms with Gasteiger partial charge in [-0.3, -0.25) is 9.59 Å². The molecule has 1 aromatic rings. The fourth-order valence-corrected chi connectivity index (χ4v) is 2.66. The highest BCUT2D eigenvalue weighted by Gasteiger charge is 2.50. The Balaban J connectivity index is 2.15. The molecule has 0 aliphatic heterocycles. The van der Waals surface area contributed by atoms with Gasteiger partial charge in [0, 0.05) is 6.54 Å². The molecular formula is C19H27NO5. The van der Waals surface area contributed by atoms with Gasteiger partial charge in [-0.25, -0.2) is 0 Å². The number of hydrogen-bond acceptors (Lipinski definition) is 4. The van der Waals surface area contributed by atoms with Crippen molar-refractivity contribution in [2.24, 2.45) is 5.41 Å². The van der Waals surface area contributed by atoms with E-state index in [0.717, 1.165) is 5.56 Å². The highest BCUT2D eigenvalue weighted by Crippen LogP contribution is 2.45. The van der Waals surface area contributed by atoms with E-state index in [1.807, 2.05) is 39.8 Å². The van der Waals surface area contributed by atoms with Crippen LogP contribution in [-0.2, 0) is 15.0 Å². The Hall–Kier alpha value is -2.24. The lowest BCUT2D eigenvalue weighted by molar-refractivity contribution is -0.143. The van der Waals surface area contributed by atoms with Crippen LogP contribution in [0.4, 0.5) is 0 Å². The second-order valence-electron chi connectivity index (χ2n) is 6.92. The molecule has 1 amide bonds. The molecule has 0 saturated heterocycles. The maximum absolute atomic E-state index is 12.7. The molecule has 2 N–H and O–H groups in total. The number of carbonyl (C=O) groups excluding carboxylic acids is 1. The highest BCUT2D eigenvalue weighted by molar-refractivity contribution is 5.88. The van der Waals surface area contributed by atoms with Gasteiger partial charge in [-0.2, -0.15) is 0 Å². The van der Waals surface area contributed by atoms with Crippen LogP contribution in [0.3, 0.4) is 0 Å². The lowest BCUT2D eigenvalue weighted by Crippen LogP contribution is -2.43. The molecule has 1 fully saturated rings. The smallest absolute Gasteiger partial charge is 0.311 e. The third-order valence-corrected chi connectivity index (χ3v) is 4.73. The van der Waals surface area contributed by atoms with E-state index >= 15 is 0 Å². The zero-order valence-electron chi connectivity index (χ0n) is 15.3. The Bertz CT molecular complexity index is 649. The zero-order chi connectivity index (χ0) is 18.7. The van der Waals surface area contributed by atoms with Gasteiger partial charge in [0.05, 0.1) is 24.0 Å². The standard InChI is InChI=1S/C19H27NO5/c1-5-24-14-8-7-13(11-15(14)25-6-2)18(3,4)16(21)20-12-19(9-10-19)17(22)23/h7-8,11H,5-6,9-10,12H2,1-4H3,(H,20,21)(H,22,23). The summed E-state index contributed by atoms with van der Waals surface area (Å²) in [6.07, 6.45) is 1.22. The first-order valence-electron chi connectivity index (χ1n) is 8.68. The van der Waals surface area contributed by atoms with E-state index in [0.29, 0.717) is 37.6 Å². The summed E-state index contributed by atoms with van der Waals surface area (Å²) in [7, 11) is 0. The minimum atomic E-state index is -0.842. The van der Waals surface area contributed by atoms with Crippen molar-refractivity contribution in [1.29, 1.82) is 0 Å². The summed E-state index contributed by atoms with van der Waals surface area (Å²) in [5, 5.41) is 12.0. The van der Waals surface area contributed by atoms with Crippen LogP contribution in [0.1, 0.15) is 46.1 Å². The van der Waals surface area contributed by atoms with Gasteiger partial charge in [0.15, 0.2) is 11.5 Å². The highest BCUT2D eigenvalue weighted by atomic mass is 16.5. The molecule has 0 spiro atoms. The number of amides is 1. The van der Waals surface area contributed by atoms with Gasteiger partial charge in [0.25, 0.3) is 0 Å². The van der Waals surface area contributed by atoms with Gasteiger partial charge >= 0.3 is 5.97 Å². The molecule has 0 unspecified atom stereocenters. The number of carboxylic acid groups (broad SMARTS) is 1. The van der Waals surface area contributed by atoms with Gasteiger partial charge in [-0.05, 0) is 58.2 Å². The number of ether oxygens (including phenoxy) is 2. The molecule has 6 heteroatoms. The predicted octanol–water partition coefficient (Wildman–Crippen LogP) is 2.74. The summed E-state index contributed by atoms with van der Waals surface area (Å²) in [5.74, 6) is 0.205. The quantitative estimate of drug-likeness (QED) is 0.716. The predicted molar refractivity (Wildman–Crippen MR) is 94.1 cm³/mol. The van der Waals surface area contributed by atoms with Crippen LogP contribution >= 0.6 is 0 Å². The van der Waals surface area contributed by atoms with E-state index in [-0.39, 0.29) is 12.5 Å². The number of nitrogens with one attached hydrogen (secondary N) is 1. The van der Waals surface area contributed by atoms with Crippen molar-refractivity contribution in [2.45, 2.75) is 46.0 Å². The fraction of sp³-hybridized carbons (Fsp3) is 0.579. The molecule has 1 aliphatic rings. The molecule has 0 radical (unpaired) electrons. The lowest BCUT2D eigenvalue weighted by Gasteiger charge is -2.26. The largest absolute Gasteiger partial charge is 0.490 e. The Morgan fingerprint density at radius 2 is 1.76 bits per heavy atom. The van der Waals surface area contributed by atoms with Crippen LogP contribution in [0.15, 0.2) is 18.2 Å². The van der Waals surface area contributed by atoms with Crippen LogP contribution in [0, 0.1) is 5.41 Å². The molecule has 2 rings (SSSR count). The molecule has 1 aromatic carbocycles. The van der Waals surface area contributed by atoms with Crippen molar-refractivity contribution in [3.63, 3.8) is 0 Å². The number of carboxylic acids is 1. The molecule has 25 heavy (non-hydrogen) atoms. The van der Waals surface area contributed by atoms with Crippen LogP contribution in [0.2, 0.25) is 0 Å². The van der Waals surface area contributed by atoms with E-state index in [9.17, 15) is 14.7 Å². The molecule has 1 aliphatic carbocycles. The Kier molecular flexibility index (Phi) is 5.60. The van der Waals surface area contributed by atoms with Crippen molar-refractivity contribution >= 4 is 11.9 Å². The van der Waals surface area contributed by atoms with Crippen LogP contribution < -0.4 is 14.8 Å². The number of aliphatic carboxylic acids is 1. The topological polar surface area (TPSA) is 84.9 Å². The van der Waals surface area contributed by atoms with Gasteiger partial charge < -0.3 is 19.9 Å². The third kappa shape index (κ3) is 4.06. The van der Waals surface area contributed by atoms with Crippen LogP contribution in [-0.4, -0.2) is 36.7 Å². The fourth-order valence-electron chi connectivity index (χ4n) is 2.66. The molecule has 138 valence electrons. The van der Waals surface area contributed by atoms with Crippen LogP contribution in [0.5, 0.6) is 11.5 Å². The first-order chi connectivity index (χ1) is 11.8. The first kappa shape index (κ1) is 19.1. The first-order valence-corrected chi connectivity index (χ1v) is 8.68. The van der Waals surface area contributed by atoms with Crippen molar-refractivity contribution in [3.05, 3.63) is 23.8 Å². The summed E-state index contributed by atoms with van der Waals surface area (Å²) in [4.78, 5) is 23.9. The normalized spacial score (nSPS) is 15.4. The van der Waals surface area contributed by atoms with E-state index in [1.54, 1.807) is 6.07 Å². The number of carbonyl (C=O) groups is 2. The molecule has 6 nitrogen and oxygen atoms in total. The molecule has 1 saturated carbocycles. The van der Waals surface area contributed by atoms with Gasteiger partial charge in [0.2, 0.25) is 5.91 Å².